The summed E-state index contributed by atoms with van der Waals surface area (Å²) in [7, 11) is 0. The van der Waals surface area contributed by atoms with Gasteiger partial charge in [0, 0.05) is 38.4 Å². The minimum atomic E-state index is -0.293. The van der Waals surface area contributed by atoms with Crippen LogP contribution in [0.25, 0.3) is 0 Å². The summed E-state index contributed by atoms with van der Waals surface area (Å²) in [6, 6.07) is 6.84. The third kappa shape index (κ3) is 4.47. The molecule has 0 aromatic carbocycles. The molecule has 26 heavy (non-hydrogen) atoms. The predicted molar refractivity (Wildman–Crippen MR) is 100 cm³/mol. The largest absolute Gasteiger partial charge is 0.357 e. The minimum absolute atomic E-state index is 0.184. The van der Waals surface area contributed by atoms with Gasteiger partial charge in [-0.25, -0.2) is 9.67 Å². The number of aryl methyl sites for hydroxylation is 1. The zero-order valence-electron chi connectivity index (χ0n) is 15.1. The van der Waals surface area contributed by atoms with Crippen LogP contribution in [0.2, 0.25) is 0 Å². The number of nitrogens with zero attached hydrogens (tertiary/aromatic N) is 4. The van der Waals surface area contributed by atoms with Gasteiger partial charge >= 0.3 is 0 Å². The van der Waals surface area contributed by atoms with Crippen molar-refractivity contribution in [3.05, 3.63) is 52.1 Å². The Hall–Kier alpha value is -2.70. The van der Waals surface area contributed by atoms with Gasteiger partial charge in [0.05, 0.1) is 0 Å². The summed E-state index contributed by atoms with van der Waals surface area (Å²) < 4.78 is 1.35. The first-order chi connectivity index (χ1) is 12.7. The molecule has 1 fully saturated rings. The summed E-state index contributed by atoms with van der Waals surface area (Å²) in [5, 5.41) is 6.99. The number of rotatable bonds is 7. The van der Waals surface area contributed by atoms with Crippen molar-refractivity contribution in [3.8, 4) is 0 Å². The molecule has 1 aliphatic rings. The van der Waals surface area contributed by atoms with Gasteiger partial charge in [-0.05, 0) is 37.0 Å². The predicted octanol–water partition coefficient (Wildman–Crippen LogP) is 1.97. The Morgan fingerprint density at radius 2 is 2.00 bits per heavy atom. The number of amides is 1. The highest BCUT2D eigenvalue weighted by Crippen LogP contribution is 2.17. The molecule has 0 bridgehead atoms. The van der Waals surface area contributed by atoms with Gasteiger partial charge in [-0.3, -0.25) is 9.59 Å². The topological polar surface area (TPSA) is 80.1 Å². The highest BCUT2D eigenvalue weighted by Gasteiger charge is 2.13. The van der Waals surface area contributed by atoms with Crippen LogP contribution in [0.1, 0.15) is 48.7 Å². The molecule has 3 rings (SSSR count). The van der Waals surface area contributed by atoms with Crippen LogP contribution in [0.3, 0.4) is 0 Å². The summed E-state index contributed by atoms with van der Waals surface area (Å²) in [5.41, 5.74) is 1.000. The number of pyridine rings is 1. The molecular formula is C19H25N5O2. The molecule has 7 heteroatoms. The molecule has 0 radical (unpaired) electrons. The van der Waals surface area contributed by atoms with Crippen LogP contribution in [-0.4, -0.2) is 33.8 Å². The summed E-state index contributed by atoms with van der Waals surface area (Å²) in [6.45, 7) is 5.07. The van der Waals surface area contributed by atoms with Crippen molar-refractivity contribution in [1.82, 2.24) is 20.1 Å². The van der Waals surface area contributed by atoms with Crippen molar-refractivity contribution in [1.29, 1.82) is 0 Å². The average Bonchev–Trinajstić information content (AvgIpc) is 3.20. The molecule has 0 unspecified atom stereocenters. The molecule has 138 valence electrons. The first kappa shape index (κ1) is 18.1. The van der Waals surface area contributed by atoms with Crippen LogP contribution in [0.4, 0.5) is 5.82 Å². The van der Waals surface area contributed by atoms with Gasteiger partial charge in [-0.2, -0.15) is 5.10 Å². The lowest BCUT2D eigenvalue weighted by Crippen LogP contribution is -2.29. The molecule has 2 aromatic heterocycles. The molecule has 1 aliphatic heterocycles. The number of anilines is 1. The highest BCUT2D eigenvalue weighted by molar-refractivity contribution is 5.91. The van der Waals surface area contributed by atoms with Crippen molar-refractivity contribution in [3.63, 3.8) is 0 Å². The number of hydrogen-bond donors (Lipinski definition) is 1. The summed E-state index contributed by atoms with van der Waals surface area (Å²) in [6.07, 6.45) is 6.04. The fourth-order valence-electron chi connectivity index (χ4n) is 2.97. The molecule has 1 N–H and O–H groups in total. The standard InChI is InChI=1S/C19H25N5O2/c1-2-3-12-24-18(25)9-7-16(22-24)19(26)21-14-15-6-8-17(20-13-15)23-10-4-5-11-23/h6-9,13H,2-5,10-12,14H2,1H3,(H,21,26). The van der Waals surface area contributed by atoms with Gasteiger partial charge < -0.3 is 10.2 Å². The monoisotopic (exact) mass is 355 g/mol. The smallest absolute Gasteiger partial charge is 0.271 e. The van der Waals surface area contributed by atoms with Gasteiger partial charge in [0.25, 0.3) is 11.5 Å². The quantitative estimate of drug-likeness (QED) is 0.821. The fraction of sp³-hybridized carbons (Fsp3) is 0.474. The molecule has 1 saturated heterocycles. The number of carbonyl (C=O) groups is 1. The maximum Gasteiger partial charge on any atom is 0.271 e. The van der Waals surface area contributed by atoms with Gasteiger partial charge in [-0.15, -0.1) is 0 Å². The maximum absolute atomic E-state index is 12.3. The maximum atomic E-state index is 12.3. The second-order valence-electron chi connectivity index (χ2n) is 6.53. The molecule has 3 heterocycles. The first-order valence-corrected chi connectivity index (χ1v) is 9.23. The lowest BCUT2D eigenvalue weighted by molar-refractivity contribution is 0.0943. The normalized spacial score (nSPS) is 13.8. The molecule has 7 nitrogen and oxygen atoms in total. The Labute approximate surface area is 153 Å². The SMILES string of the molecule is CCCCn1nc(C(=O)NCc2ccc(N3CCCC3)nc2)ccc1=O. The van der Waals surface area contributed by atoms with E-state index in [-0.39, 0.29) is 17.2 Å². The highest BCUT2D eigenvalue weighted by atomic mass is 16.2. The number of aromatic nitrogens is 3. The van der Waals surface area contributed by atoms with Gasteiger partial charge in [0.1, 0.15) is 11.5 Å². The first-order valence-electron chi connectivity index (χ1n) is 9.23. The number of carbonyl (C=O) groups excluding carboxylic acids is 1. The van der Waals surface area contributed by atoms with E-state index in [4.69, 9.17) is 0 Å². The Morgan fingerprint density at radius 1 is 1.19 bits per heavy atom. The van der Waals surface area contributed by atoms with Crippen LogP contribution in [0.5, 0.6) is 0 Å². The summed E-state index contributed by atoms with van der Waals surface area (Å²) in [5.74, 6) is 0.695. The Morgan fingerprint density at radius 3 is 2.69 bits per heavy atom. The number of unbranched alkanes of at least 4 members (excludes halogenated alkanes) is 1. The van der Waals surface area contributed by atoms with E-state index in [1.165, 1.54) is 29.7 Å². The third-order valence-corrected chi connectivity index (χ3v) is 4.51. The van der Waals surface area contributed by atoms with E-state index >= 15 is 0 Å². The lowest BCUT2D eigenvalue weighted by Gasteiger charge is -2.16. The van der Waals surface area contributed by atoms with Crippen LogP contribution >= 0.6 is 0 Å². The van der Waals surface area contributed by atoms with E-state index in [1.54, 1.807) is 6.20 Å². The Kier molecular flexibility index (Phi) is 5.99. The zero-order valence-corrected chi connectivity index (χ0v) is 15.1. The van der Waals surface area contributed by atoms with Crippen molar-refractivity contribution >= 4 is 11.7 Å². The zero-order chi connectivity index (χ0) is 18.4. The van der Waals surface area contributed by atoms with Gasteiger partial charge in [0.15, 0.2) is 0 Å². The van der Waals surface area contributed by atoms with Crippen molar-refractivity contribution in [2.24, 2.45) is 0 Å². The molecule has 0 saturated carbocycles. The molecule has 1 amide bonds. The van der Waals surface area contributed by atoms with Crippen LogP contribution < -0.4 is 15.8 Å². The van der Waals surface area contributed by atoms with Gasteiger partial charge in [-0.1, -0.05) is 19.4 Å². The van der Waals surface area contributed by atoms with E-state index in [9.17, 15) is 9.59 Å². The lowest BCUT2D eigenvalue weighted by atomic mass is 10.2. The van der Waals surface area contributed by atoms with Crippen LogP contribution in [-0.2, 0) is 13.1 Å². The van der Waals surface area contributed by atoms with Crippen molar-refractivity contribution in [2.45, 2.75) is 45.7 Å². The fourth-order valence-corrected chi connectivity index (χ4v) is 2.97. The van der Waals surface area contributed by atoms with E-state index in [2.05, 4.69) is 20.3 Å². The third-order valence-electron chi connectivity index (χ3n) is 4.51. The van der Waals surface area contributed by atoms with Crippen LogP contribution in [0.15, 0.2) is 35.3 Å². The minimum Gasteiger partial charge on any atom is -0.357 e. The molecule has 0 spiro atoms. The van der Waals surface area contributed by atoms with Crippen LogP contribution in [0, 0.1) is 0 Å². The van der Waals surface area contributed by atoms with Crippen molar-refractivity contribution < 1.29 is 4.79 Å². The van der Waals surface area contributed by atoms with E-state index in [0.29, 0.717) is 13.1 Å². The Balaban J connectivity index is 1.59. The average molecular weight is 355 g/mol. The van der Waals surface area contributed by atoms with Gasteiger partial charge in [0.2, 0.25) is 0 Å². The summed E-state index contributed by atoms with van der Waals surface area (Å²) in [4.78, 5) is 30.8. The molecule has 2 aromatic rings. The molecular weight excluding hydrogens is 330 g/mol. The molecule has 0 atom stereocenters. The molecule has 0 aliphatic carbocycles. The van der Waals surface area contributed by atoms with E-state index < -0.39 is 0 Å². The van der Waals surface area contributed by atoms with Crippen molar-refractivity contribution in [2.75, 3.05) is 18.0 Å². The van der Waals surface area contributed by atoms with E-state index in [1.807, 2.05) is 19.1 Å². The Bertz CT molecular complexity index is 794. The second-order valence-corrected chi connectivity index (χ2v) is 6.53. The summed E-state index contributed by atoms with van der Waals surface area (Å²) >= 11 is 0. The number of hydrogen-bond acceptors (Lipinski definition) is 5. The van der Waals surface area contributed by atoms with E-state index in [0.717, 1.165) is 37.3 Å². The number of nitrogens with one attached hydrogen (secondary N) is 1. The second kappa shape index (κ2) is 8.60.